The van der Waals surface area contributed by atoms with Crippen LogP contribution in [-0.2, 0) is 12.3 Å². The Morgan fingerprint density at radius 2 is 1.93 bits per heavy atom. The van der Waals surface area contributed by atoms with Crippen LogP contribution in [0.1, 0.15) is 25.0 Å². The van der Waals surface area contributed by atoms with E-state index in [0.717, 1.165) is 21.5 Å². The minimum Gasteiger partial charge on any atom is -0.121 e. The number of benzene rings is 1. The molecule has 1 aromatic carbocycles. The van der Waals surface area contributed by atoms with E-state index in [-0.39, 0.29) is 0 Å². The number of alkyl halides is 1. The molecule has 0 nitrogen and oxygen atoms in total. The standard InChI is InChI=1S/C11H13BrCl2/c1-7(2)5-8-9(6-13)11(14)4-3-10(8)12/h3-4,7H,5-6H2,1-2H3. The fourth-order valence-electron chi connectivity index (χ4n) is 1.41. The van der Waals surface area contributed by atoms with Gasteiger partial charge in [-0.3, -0.25) is 0 Å². The van der Waals surface area contributed by atoms with Crippen molar-refractivity contribution in [2.45, 2.75) is 26.1 Å². The van der Waals surface area contributed by atoms with Crippen molar-refractivity contribution in [2.24, 2.45) is 5.92 Å². The molecule has 0 fully saturated rings. The lowest BCUT2D eigenvalue weighted by molar-refractivity contribution is 0.643. The van der Waals surface area contributed by atoms with Gasteiger partial charge in [0.05, 0.1) is 0 Å². The van der Waals surface area contributed by atoms with E-state index in [1.165, 1.54) is 5.56 Å². The van der Waals surface area contributed by atoms with Gasteiger partial charge in [-0.1, -0.05) is 41.4 Å². The van der Waals surface area contributed by atoms with Crippen molar-refractivity contribution in [3.05, 3.63) is 32.8 Å². The van der Waals surface area contributed by atoms with Crippen molar-refractivity contribution in [3.63, 3.8) is 0 Å². The maximum atomic E-state index is 6.08. The molecule has 0 spiro atoms. The lowest BCUT2D eigenvalue weighted by atomic mass is 9.99. The second kappa shape index (κ2) is 5.39. The number of halogens is 3. The van der Waals surface area contributed by atoms with Crippen LogP contribution in [0.2, 0.25) is 5.02 Å². The van der Waals surface area contributed by atoms with Crippen molar-refractivity contribution in [1.82, 2.24) is 0 Å². The summed E-state index contributed by atoms with van der Waals surface area (Å²) in [6, 6.07) is 3.86. The maximum Gasteiger partial charge on any atom is 0.0491 e. The van der Waals surface area contributed by atoms with Crippen molar-refractivity contribution in [1.29, 1.82) is 0 Å². The molecule has 78 valence electrons. The van der Waals surface area contributed by atoms with Gasteiger partial charge in [-0.25, -0.2) is 0 Å². The predicted octanol–water partition coefficient (Wildman–Crippen LogP) is 5.04. The van der Waals surface area contributed by atoms with Crippen molar-refractivity contribution in [3.8, 4) is 0 Å². The van der Waals surface area contributed by atoms with Crippen molar-refractivity contribution >= 4 is 39.1 Å². The van der Waals surface area contributed by atoms with Gasteiger partial charge in [0.25, 0.3) is 0 Å². The highest BCUT2D eigenvalue weighted by Gasteiger charge is 2.11. The van der Waals surface area contributed by atoms with Gasteiger partial charge in [-0.15, -0.1) is 11.6 Å². The van der Waals surface area contributed by atoms with Crippen LogP contribution in [0, 0.1) is 5.92 Å². The van der Waals surface area contributed by atoms with Crippen molar-refractivity contribution in [2.75, 3.05) is 0 Å². The Morgan fingerprint density at radius 1 is 1.29 bits per heavy atom. The summed E-state index contributed by atoms with van der Waals surface area (Å²) >= 11 is 15.5. The first kappa shape index (κ1) is 12.4. The van der Waals surface area contributed by atoms with Crippen LogP contribution in [-0.4, -0.2) is 0 Å². The molecule has 0 radical (unpaired) electrons. The fraction of sp³-hybridized carbons (Fsp3) is 0.455. The lowest BCUT2D eigenvalue weighted by Crippen LogP contribution is -2.00. The van der Waals surface area contributed by atoms with Crippen LogP contribution in [0.5, 0.6) is 0 Å². The largest absolute Gasteiger partial charge is 0.121 e. The molecule has 0 saturated carbocycles. The van der Waals surface area contributed by atoms with Gasteiger partial charge in [0, 0.05) is 15.4 Å². The molecule has 0 amide bonds. The average molecular weight is 296 g/mol. The topological polar surface area (TPSA) is 0 Å². The van der Waals surface area contributed by atoms with Gasteiger partial charge >= 0.3 is 0 Å². The molecule has 3 heteroatoms. The summed E-state index contributed by atoms with van der Waals surface area (Å²) in [6.07, 6.45) is 1.00. The van der Waals surface area contributed by atoms with Crippen molar-refractivity contribution < 1.29 is 0 Å². The molecule has 0 bridgehead atoms. The van der Waals surface area contributed by atoms with Crippen LogP contribution in [0.4, 0.5) is 0 Å². The van der Waals surface area contributed by atoms with E-state index in [1.54, 1.807) is 0 Å². The smallest absolute Gasteiger partial charge is 0.0491 e. The minimum absolute atomic E-state index is 0.473. The summed E-state index contributed by atoms with van der Waals surface area (Å²) in [5.74, 6) is 1.08. The Morgan fingerprint density at radius 3 is 2.43 bits per heavy atom. The molecule has 0 N–H and O–H groups in total. The summed E-state index contributed by atoms with van der Waals surface area (Å²) in [4.78, 5) is 0. The third-order valence-corrected chi connectivity index (χ3v) is 3.43. The van der Waals surface area contributed by atoms with Crippen LogP contribution in [0.15, 0.2) is 16.6 Å². The predicted molar refractivity (Wildman–Crippen MR) is 67.3 cm³/mol. The SMILES string of the molecule is CC(C)Cc1c(Br)ccc(Cl)c1CCl. The molecule has 0 unspecified atom stereocenters. The van der Waals surface area contributed by atoms with Gasteiger partial charge in [0.15, 0.2) is 0 Å². The first-order chi connectivity index (χ1) is 6.56. The van der Waals surface area contributed by atoms with E-state index in [9.17, 15) is 0 Å². The maximum absolute atomic E-state index is 6.08. The van der Waals surface area contributed by atoms with Gasteiger partial charge in [0.2, 0.25) is 0 Å². The number of hydrogen-bond acceptors (Lipinski definition) is 0. The van der Waals surface area contributed by atoms with Crippen LogP contribution < -0.4 is 0 Å². The lowest BCUT2D eigenvalue weighted by Gasteiger charge is -2.13. The summed E-state index contributed by atoms with van der Waals surface area (Å²) in [6.45, 7) is 4.37. The van der Waals surface area contributed by atoms with Crippen LogP contribution >= 0.6 is 39.1 Å². The zero-order valence-electron chi connectivity index (χ0n) is 8.28. The Balaban J connectivity index is 3.16. The summed E-state index contributed by atoms with van der Waals surface area (Å²) in [7, 11) is 0. The van der Waals surface area contributed by atoms with E-state index >= 15 is 0 Å². The fourth-order valence-corrected chi connectivity index (χ4v) is 2.56. The monoisotopic (exact) mass is 294 g/mol. The molecule has 0 aliphatic rings. The molecule has 14 heavy (non-hydrogen) atoms. The molecule has 0 aliphatic heterocycles. The molecule has 0 atom stereocenters. The summed E-state index contributed by atoms with van der Waals surface area (Å²) in [5, 5.41) is 0.763. The van der Waals surface area contributed by atoms with E-state index < -0.39 is 0 Å². The normalized spacial score (nSPS) is 11.0. The number of hydrogen-bond donors (Lipinski definition) is 0. The Labute approximate surface area is 104 Å². The average Bonchev–Trinajstić information content (AvgIpc) is 2.11. The molecule has 1 aromatic rings. The zero-order valence-corrected chi connectivity index (χ0v) is 11.4. The van der Waals surface area contributed by atoms with Crippen LogP contribution in [0.3, 0.4) is 0 Å². The Bertz CT molecular complexity index is 321. The minimum atomic E-state index is 0.473. The quantitative estimate of drug-likeness (QED) is 0.685. The highest BCUT2D eigenvalue weighted by atomic mass is 79.9. The second-order valence-corrected chi connectivity index (χ2v) is 5.25. The Kier molecular flexibility index (Phi) is 4.75. The Hall–Kier alpha value is 0.280. The van der Waals surface area contributed by atoms with Gasteiger partial charge in [-0.2, -0.15) is 0 Å². The van der Waals surface area contributed by atoms with Gasteiger partial charge in [0.1, 0.15) is 0 Å². The third-order valence-electron chi connectivity index (χ3n) is 2.06. The zero-order chi connectivity index (χ0) is 10.7. The van der Waals surface area contributed by atoms with Gasteiger partial charge in [-0.05, 0) is 35.6 Å². The van der Waals surface area contributed by atoms with E-state index in [1.807, 2.05) is 12.1 Å². The molecular formula is C11H13BrCl2. The molecule has 0 aliphatic carbocycles. The second-order valence-electron chi connectivity index (χ2n) is 3.72. The number of rotatable bonds is 3. The molecule has 1 rings (SSSR count). The highest BCUT2D eigenvalue weighted by Crippen LogP contribution is 2.30. The molecule has 0 heterocycles. The molecule has 0 aromatic heterocycles. The summed E-state index contributed by atoms with van der Waals surface area (Å²) in [5.41, 5.74) is 2.29. The summed E-state index contributed by atoms with van der Waals surface area (Å²) < 4.78 is 1.10. The highest BCUT2D eigenvalue weighted by molar-refractivity contribution is 9.10. The third kappa shape index (κ3) is 2.88. The van der Waals surface area contributed by atoms with E-state index in [2.05, 4.69) is 29.8 Å². The molecule has 0 saturated heterocycles. The molecular weight excluding hydrogens is 283 g/mol. The van der Waals surface area contributed by atoms with Crippen LogP contribution in [0.25, 0.3) is 0 Å². The first-order valence-corrected chi connectivity index (χ1v) is 6.28. The first-order valence-electron chi connectivity index (χ1n) is 4.58. The van der Waals surface area contributed by atoms with Gasteiger partial charge < -0.3 is 0 Å². The van der Waals surface area contributed by atoms with E-state index in [0.29, 0.717) is 11.8 Å². The van der Waals surface area contributed by atoms with E-state index in [4.69, 9.17) is 23.2 Å².